The topological polar surface area (TPSA) is 34.1 Å². The molecular weight excluding hydrogens is 180 g/mol. The zero-order valence-electron chi connectivity index (χ0n) is 5.94. The Morgan fingerprint density at radius 3 is 2.64 bits per heavy atom. The summed E-state index contributed by atoms with van der Waals surface area (Å²) in [5, 5.41) is 0. The van der Waals surface area contributed by atoms with Crippen LogP contribution in [0.15, 0.2) is 29.2 Å². The van der Waals surface area contributed by atoms with Crippen molar-refractivity contribution in [2.75, 3.05) is 6.26 Å². The Hall–Kier alpha value is -0.480. The first kappa shape index (κ1) is 8.62. The van der Waals surface area contributed by atoms with E-state index in [-0.39, 0.29) is 0 Å². The van der Waals surface area contributed by atoms with Crippen molar-refractivity contribution < 1.29 is 8.42 Å². The van der Waals surface area contributed by atoms with Crippen LogP contribution in [0, 0.1) is 6.07 Å². The molecule has 0 heterocycles. The van der Waals surface area contributed by atoms with E-state index < -0.39 is 8.87 Å². The van der Waals surface area contributed by atoms with E-state index in [1.807, 2.05) is 0 Å². The van der Waals surface area contributed by atoms with Crippen molar-refractivity contribution in [3.05, 3.63) is 30.3 Å². The average Bonchev–Trinajstić information content (AvgIpc) is 1.85. The van der Waals surface area contributed by atoms with E-state index in [0.29, 0.717) is 4.90 Å². The minimum atomic E-state index is -2.99. The van der Waals surface area contributed by atoms with Crippen molar-refractivity contribution in [2.45, 2.75) is 4.90 Å². The Kier molecular flexibility index (Phi) is 2.57. The summed E-state index contributed by atoms with van der Waals surface area (Å²) in [5.74, 6) is 0. The normalized spacial score (nSPS) is 11.4. The minimum absolute atomic E-state index is 0.634. The molecule has 0 aliphatic rings. The maximum atomic E-state index is 10.7. The van der Waals surface area contributed by atoms with Gasteiger partial charge in [0, 0.05) is 21.9 Å². The van der Waals surface area contributed by atoms with Crippen LogP contribution in [-0.4, -0.2) is 14.7 Å². The summed E-state index contributed by atoms with van der Waals surface area (Å²) < 4.78 is 21.5. The Balaban J connectivity index is 2.82. The first-order valence-electron chi connectivity index (χ1n) is 2.94. The molecule has 1 rings (SSSR count). The van der Waals surface area contributed by atoms with Crippen molar-refractivity contribution in [1.82, 2.24) is 0 Å². The summed E-state index contributed by atoms with van der Waals surface area (Å²) in [6.45, 7) is 0. The van der Waals surface area contributed by atoms with Crippen molar-refractivity contribution in [2.24, 2.45) is 0 Å². The van der Waals surface area contributed by atoms with Crippen LogP contribution in [0.2, 0.25) is 0 Å². The molecule has 0 bridgehead atoms. The highest BCUT2D eigenvalue weighted by Crippen LogP contribution is 2.21. The van der Waals surface area contributed by atoms with Crippen LogP contribution < -0.4 is 0 Å². The molecule has 0 N–H and O–H groups in total. The van der Waals surface area contributed by atoms with Gasteiger partial charge in [-0.2, -0.15) is 0 Å². The molecule has 0 saturated carbocycles. The lowest BCUT2D eigenvalue weighted by atomic mass is 10.4. The highest BCUT2D eigenvalue weighted by molar-refractivity contribution is 8.71. The highest BCUT2D eigenvalue weighted by Gasteiger charge is 2.03. The van der Waals surface area contributed by atoms with Crippen LogP contribution >= 0.6 is 10.8 Å². The second-order valence-electron chi connectivity index (χ2n) is 2.01. The maximum Gasteiger partial charge on any atom is 0.203 e. The minimum Gasteiger partial charge on any atom is -0.217 e. The second-order valence-corrected chi connectivity index (χ2v) is 6.35. The summed E-state index contributed by atoms with van der Waals surface area (Å²) in [5.41, 5.74) is 0. The molecule has 1 aromatic carbocycles. The summed E-state index contributed by atoms with van der Waals surface area (Å²) in [6, 6.07) is 9.79. The van der Waals surface area contributed by atoms with Crippen LogP contribution in [0.4, 0.5) is 0 Å². The van der Waals surface area contributed by atoms with Crippen molar-refractivity contribution in [3.63, 3.8) is 0 Å². The third-order valence-electron chi connectivity index (χ3n) is 0.922. The first-order valence-corrected chi connectivity index (χ1v) is 6.16. The molecule has 0 saturated heterocycles. The van der Waals surface area contributed by atoms with Gasteiger partial charge in [-0.1, -0.05) is 18.2 Å². The van der Waals surface area contributed by atoms with Gasteiger partial charge in [-0.05, 0) is 12.1 Å². The van der Waals surface area contributed by atoms with Gasteiger partial charge >= 0.3 is 0 Å². The smallest absolute Gasteiger partial charge is 0.203 e. The number of hydrogen-bond acceptors (Lipinski definition) is 3. The van der Waals surface area contributed by atoms with E-state index in [9.17, 15) is 8.42 Å². The molecule has 11 heavy (non-hydrogen) atoms. The van der Waals surface area contributed by atoms with Gasteiger partial charge in [0.05, 0.1) is 0 Å². The fourth-order valence-corrected chi connectivity index (χ4v) is 2.46. The summed E-state index contributed by atoms with van der Waals surface area (Å²) >= 11 is 0. The van der Waals surface area contributed by atoms with E-state index in [1.165, 1.54) is 6.26 Å². The van der Waals surface area contributed by atoms with E-state index in [0.717, 1.165) is 10.8 Å². The first-order chi connectivity index (χ1) is 5.08. The standard InChI is InChI=1S/C7H7O2S2/c1-11(8,9)10-7-5-3-2-4-6-7/h2-5H,1H3. The van der Waals surface area contributed by atoms with Crippen LogP contribution in [0.25, 0.3) is 0 Å². The van der Waals surface area contributed by atoms with Gasteiger partial charge in [0.1, 0.15) is 0 Å². The Morgan fingerprint density at radius 2 is 2.18 bits per heavy atom. The van der Waals surface area contributed by atoms with Crippen LogP contribution in [0.5, 0.6) is 0 Å². The van der Waals surface area contributed by atoms with E-state index in [2.05, 4.69) is 6.07 Å². The Labute approximate surface area is 69.9 Å². The zero-order valence-corrected chi connectivity index (χ0v) is 7.58. The molecule has 59 valence electrons. The summed E-state index contributed by atoms with van der Waals surface area (Å²) in [7, 11) is -2.17. The molecule has 4 heteroatoms. The SMILES string of the molecule is CS(=O)(=O)Sc1[c]cccc1. The molecule has 0 unspecified atom stereocenters. The highest BCUT2D eigenvalue weighted by atomic mass is 33.1. The average molecular weight is 187 g/mol. The molecule has 0 atom stereocenters. The Bertz CT molecular complexity index is 316. The fourth-order valence-electron chi connectivity index (χ4n) is 0.592. The van der Waals surface area contributed by atoms with Gasteiger partial charge in [-0.3, -0.25) is 0 Å². The predicted molar refractivity (Wildman–Crippen MR) is 46.0 cm³/mol. The lowest BCUT2D eigenvalue weighted by Gasteiger charge is -1.94. The molecular formula is C7H7O2S2. The van der Waals surface area contributed by atoms with E-state index in [1.54, 1.807) is 24.3 Å². The quantitative estimate of drug-likeness (QED) is 0.659. The summed E-state index contributed by atoms with van der Waals surface area (Å²) in [4.78, 5) is 0.634. The van der Waals surface area contributed by atoms with Crippen molar-refractivity contribution in [3.8, 4) is 0 Å². The molecule has 0 aliphatic heterocycles. The third kappa shape index (κ3) is 3.43. The van der Waals surface area contributed by atoms with Gasteiger partial charge in [0.25, 0.3) is 0 Å². The molecule has 0 amide bonds. The van der Waals surface area contributed by atoms with Gasteiger partial charge in [0.2, 0.25) is 8.87 Å². The molecule has 0 aliphatic carbocycles. The van der Waals surface area contributed by atoms with Gasteiger partial charge in [-0.15, -0.1) is 0 Å². The number of hydrogen-bond donors (Lipinski definition) is 0. The molecule has 0 spiro atoms. The monoisotopic (exact) mass is 187 g/mol. The molecule has 2 nitrogen and oxygen atoms in total. The van der Waals surface area contributed by atoms with Crippen LogP contribution in [0.3, 0.4) is 0 Å². The maximum absolute atomic E-state index is 10.7. The predicted octanol–water partition coefficient (Wildman–Crippen LogP) is 1.54. The van der Waals surface area contributed by atoms with Gasteiger partial charge in [-0.25, -0.2) is 8.42 Å². The van der Waals surface area contributed by atoms with Gasteiger partial charge < -0.3 is 0 Å². The van der Waals surface area contributed by atoms with E-state index >= 15 is 0 Å². The lowest BCUT2D eigenvalue weighted by molar-refractivity contribution is 0.615. The van der Waals surface area contributed by atoms with Crippen LogP contribution in [0.1, 0.15) is 0 Å². The van der Waals surface area contributed by atoms with Gasteiger partial charge in [0.15, 0.2) is 0 Å². The fraction of sp³-hybridized carbons (Fsp3) is 0.143. The Morgan fingerprint density at radius 1 is 1.45 bits per heavy atom. The molecule has 0 fully saturated rings. The molecule has 1 aromatic rings. The molecule has 0 aromatic heterocycles. The largest absolute Gasteiger partial charge is 0.217 e. The zero-order chi connectivity index (χ0) is 8.32. The van der Waals surface area contributed by atoms with Crippen molar-refractivity contribution >= 4 is 19.7 Å². The third-order valence-corrected chi connectivity index (χ3v) is 3.10. The van der Waals surface area contributed by atoms with Crippen LogP contribution in [-0.2, 0) is 8.87 Å². The summed E-state index contributed by atoms with van der Waals surface area (Å²) in [6.07, 6.45) is 1.18. The van der Waals surface area contributed by atoms with E-state index in [4.69, 9.17) is 0 Å². The number of rotatable bonds is 2. The lowest BCUT2D eigenvalue weighted by Crippen LogP contribution is -1.86. The second kappa shape index (κ2) is 3.28. The molecule has 1 radical (unpaired) electrons. The number of benzene rings is 1. The van der Waals surface area contributed by atoms with Crippen molar-refractivity contribution in [1.29, 1.82) is 0 Å².